The van der Waals surface area contributed by atoms with E-state index in [-0.39, 0.29) is 0 Å². The molecule has 0 aliphatic heterocycles. The molecule has 0 radical (unpaired) electrons. The van der Waals surface area contributed by atoms with Gasteiger partial charge in [0.1, 0.15) is 0 Å². The van der Waals surface area contributed by atoms with Crippen LogP contribution in [0, 0.1) is 5.92 Å². The second-order valence-electron chi connectivity index (χ2n) is 4.87. The lowest BCUT2D eigenvalue weighted by molar-refractivity contribution is 0.0175. The topological polar surface area (TPSA) is 21.3 Å². The molecular weight excluding hydrogens is 174 g/mol. The summed E-state index contributed by atoms with van der Waals surface area (Å²) in [7, 11) is 1.81. The number of hydrogen-bond donors (Lipinski definition) is 1. The molecule has 2 nitrogen and oxygen atoms in total. The Morgan fingerprint density at radius 1 is 1.29 bits per heavy atom. The molecule has 1 N–H and O–H groups in total. The largest absolute Gasteiger partial charge is 0.381 e. The van der Waals surface area contributed by atoms with Crippen LogP contribution in [0.2, 0.25) is 0 Å². The van der Waals surface area contributed by atoms with Crippen molar-refractivity contribution in [3.63, 3.8) is 0 Å². The molecule has 0 atom stereocenters. The Morgan fingerprint density at radius 3 is 2.57 bits per heavy atom. The fraction of sp³-hybridized carbons (Fsp3) is 1.00. The van der Waals surface area contributed by atoms with Crippen molar-refractivity contribution in [2.75, 3.05) is 13.7 Å². The monoisotopic (exact) mass is 199 g/mol. The van der Waals surface area contributed by atoms with Gasteiger partial charge in [-0.05, 0) is 31.7 Å². The predicted octanol–water partition coefficient (Wildman–Crippen LogP) is 2.58. The SMILES string of the molecule is COC1CC(NCCCCC(C)C)C1. The van der Waals surface area contributed by atoms with Gasteiger partial charge in [0.25, 0.3) is 0 Å². The molecule has 0 amide bonds. The summed E-state index contributed by atoms with van der Waals surface area (Å²) in [6.07, 6.45) is 7.01. The molecule has 0 heterocycles. The second-order valence-corrected chi connectivity index (χ2v) is 4.87. The molecule has 0 aromatic carbocycles. The molecule has 1 aliphatic carbocycles. The summed E-state index contributed by atoms with van der Waals surface area (Å²) >= 11 is 0. The summed E-state index contributed by atoms with van der Waals surface area (Å²) in [4.78, 5) is 0. The molecule has 1 fully saturated rings. The van der Waals surface area contributed by atoms with Gasteiger partial charge in [0.2, 0.25) is 0 Å². The van der Waals surface area contributed by atoms with Gasteiger partial charge in [0.05, 0.1) is 6.10 Å². The fourth-order valence-corrected chi connectivity index (χ4v) is 1.91. The molecule has 2 heteroatoms. The minimum atomic E-state index is 0.531. The maximum absolute atomic E-state index is 5.24. The number of rotatable bonds is 7. The maximum Gasteiger partial charge on any atom is 0.0601 e. The van der Waals surface area contributed by atoms with Crippen molar-refractivity contribution in [3.8, 4) is 0 Å². The third-order valence-corrected chi connectivity index (χ3v) is 3.07. The summed E-state index contributed by atoms with van der Waals surface area (Å²) in [5.41, 5.74) is 0. The summed E-state index contributed by atoms with van der Waals surface area (Å²) in [5, 5.41) is 3.58. The van der Waals surface area contributed by atoms with Gasteiger partial charge in [-0.15, -0.1) is 0 Å². The summed E-state index contributed by atoms with van der Waals surface area (Å²) in [5.74, 6) is 0.858. The van der Waals surface area contributed by atoms with Crippen LogP contribution in [-0.2, 0) is 4.74 Å². The zero-order valence-electron chi connectivity index (χ0n) is 9.88. The third-order valence-electron chi connectivity index (χ3n) is 3.07. The first-order chi connectivity index (χ1) is 6.72. The van der Waals surface area contributed by atoms with Crippen molar-refractivity contribution < 1.29 is 4.74 Å². The van der Waals surface area contributed by atoms with E-state index in [1.54, 1.807) is 0 Å². The Labute approximate surface area is 88.4 Å². The Hall–Kier alpha value is -0.0800. The highest BCUT2D eigenvalue weighted by Crippen LogP contribution is 2.22. The highest BCUT2D eigenvalue weighted by Gasteiger charge is 2.27. The highest BCUT2D eigenvalue weighted by atomic mass is 16.5. The Bertz CT molecular complexity index is 141. The summed E-state index contributed by atoms with van der Waals surface area (Å²) < 4.78 is 5.24. The maximum atomic E-state index is 5.24. The molecule has 0 aromatic rings. The van der Waals surface area contributed by atoms with Gasteiger partial charge in [0.15, 0.2) is 0 Å². The summed E-state index contributed by atoms with van der Waals surface area (Å²) in [6, 6.07) is 0.735. The first kappa shape index (κ1) is 12.0. The van der Waals surface area contributed by atoms with Gasteiger partial charge in [0, 0.05) is 13.2 Å². The number of methoxy groups -OCH3 is 1. The Kier molecular flexibility index (Phi) is 5.49. The van der Waals surface area contributed by atoms with E-state index in [2.05, 4.69) is 19.2 Å². The van der Waals surface area contributed by atoms with E-state index >= 15 is 0 Å². The van der Waals surface area contributed by atoms with Crippen LogP contribution in [0.4, 0.5) is 0 Å². The molecule has 1 aliphatic rings. The van der Waals surface area contributed by atoms with Gasteiger partial charge in [-0.25, -0.2) is 0 Å². The summed E-state index contributed by atoms with van der Waals surface area (Å²) in [6.45, 7) is 5.78. The number of unbranched alkanes of at least 4 members (excludes halogenated alkanes) is 1. The third kappa shape index (κ3) is 4.43. The predicted molar refractivity (Wildman–Crippen MR) is 60.5 cm³/mol. The first-order valence-electron chi connectivity index (χ1n) is 5.98. The lowest BCUT2D eigenvalue weighted by Gasteiger charge is -2.34. The fourth-order valence-electron chi connectivity index (χ4n) is 1.91. The molecule has 0 saturated heterocycles. The average Bonchev–Trinajstić information content (AvgIpc) is 2.07. The van der Waals surface area contributed by atoms with Crippen LogP contribution in [-0.4, -0.2) is 25.8 Å². The lowest BCUT2D eigenvalue weighted by atomic mass is 9.89. The van der Waals surface area contributed by atoms with E-state index in [9.17, 15) is 0 Å². The zero-order chi connectivity index (χ0) is 10.4. The quantitative estimate of drug-likeness (QED) is 0.636. The molecule has 0 aromatic heterocycles. The molecule has 1 rings (SSSR count). The Balaban J connectivity index is 1.81. The van der Waals surface area contributed by atoms with Gasteiger partial charge in [-0.1, -0.05) is 26.7 Å². The molecule has 0 unspecified atom stereocenters. The van der Waals surface area contributed by atoms with Crippen molar-refractivity contribution in [2.24, 2.45) is 5.92 Å². The van der Waals surface area contributed by atoms with Crippen molar-refractivity contribution in [1.29, 1.82) is 0 Å². The van der Waals surface area contributed by atoms with E-state index in [0.29, 0.717) is 6.10 Å². The van der Waals surface area contributed by atoms with Crippen molar-refractivity contribution in [2.45, 2.75) is 58.1 Å². The van der Waals surface area contributed by atoms with Gasteiger partial charge < -0.3 is 10.1 Å². The molecule has 14 heavy (non-hydrogen) atoms. The van der Waals surface area contributed by atoms with E-state index in [0.717, 1.165) is 12.0 Å². The van der Waals surface area contributed by atoms with Crippen LogP contribution in [0.25, 0.3) is 0 Å². The van der Waals surface area contributed by atoms with E-state index in [4.69, 9.17) is 4.74 Å². The standard InChI is InChI=1S/C12H25NO/c1-10(2)6-4-5-7-13-11-8-12(9-11)14-3/h10-13H,4-9H2,1-3H3. The van der Waals surface area contributed by atoms with Crippen molar-refractivity contribution in [3.05, 3.63) is 0 Å². The van der Waals surface area contributed by atoms with Crippen LogP contribution in [0.1, 0.15) is 46.0 Å². The van der Waals surface area contributed by atoms with Crippen LogP contribution in [0.15, 0.2) is 0 Å². The number of nitrogens with one attached hydrogen (secondary N) is 1. The van der Waals surface area contributed by atoms with Crippen LogP contribution >= 0.6 is 0 Å². The molecule has 0 spiro atoms. The highest BCUT2D eigenvalue weighted by molar-refractivity contribution is 4.85. The minimum absolute atomic E-state index is 0.531. The molecule has 0 bridgehead atoms. The smallest absolute Gasteiger partial charge is 0.0601 e. The lowest BCUT2D eigenvalue weighted by Crippen LogP contribution is -2.45. The number of hydrogen-bond acceptors (Lipinski definition) is 2. The molecular formula is C12H25NO. The van der Waals surface area contributed by atoms with E-state index < -0.39 is 0 Å². The average molecular weight is 199 g/mol. The minimum Gasteiger partial charge on any atom is -0.381 e. The van der Waals surface area contributed by atoms with Crippen LogP contribution in [0.5, 0.6) is 0 Å². The first-order valence-corrected chi connectivity index (χ1v) is 5.98. The van der Waals surface area contributed by atoms with Gasteiger partial charge in [-0.3, -0.25) is 0 Å². The van der Waals surface area contributed by atoms with Crippen molar-refractivity contribution >= 4 is 0 Å². The van der Waals surface area contributed by atoms with E-state index in [1.165, 1.54) is 38.6 Å². The molecule has 84 valence electrons. The normalized spacial score (nSPS) is 26.6. The Morgan fingerprint density at radius 2 is 2.00 bits per heavy atom. The van der Waals surface area contributed by atoms with Crippen molar-refractivity contribution in [1.82, 2.24) is 5.32 Å². The molecule has 1 saturated carbocycles. The second kappa shape index (κ2) is 6.41. The van der Waals surface area contributed by atoms with Gasteiger partial charge >= 0.3 is 0 Å². The van der Waals surface area contributed by atoms with Crippen LogP contribution < -0.4 is 5.32 Å². The van der Waals surface area contributed by atoms with E-state index in [1.807, 2.05) is 7.11 Å². The van der Waals surface area contributed by atoms with Crippen LogP contribution in [0.3, 0.4) is 0 Å². The number of ether oxygens (including phenoxy) is 1. The van der Waals surface area contributed by atoms with Gasteiger partial charge in [-0.2, -0.15) is 0 Å². The zero-order valence-corrected chi connectivity index (χ0v) is 9.88.